The predicted molar refractivity (Wildman–Crippen MR) is 65.8 cm³/mol. The topological polar surface area (TPSA) is 29.5 Å². The zero-order chi connectivity index (χ0) is 11.8. The predicted octanol–water partition coefficient (Wildman–Crippen LogP) is 2.42. The Kier molecular flexibility index (Phi) is 6.81. The molecule has 0 bridgehead atoms. The Bertz CT molecular complexity index is 207. The van der Waals surface area contributed by atoms with Crippen LogP contribution in [0.1, 0.15) is 39.0 Å². The van der Waals surface area contributed by atoms with Crippen LogP contribution in [-0.4, -0.2) is 42.5 Å². The highest BCUT2D eigenvalue weighted by molar-refractivity contribution is 6.17. The van der Waals surface area contributed by atoms with Crippen LogP contribution in [0.15, 0.2) is 0 Å². The molecule has 0 spiro atoms. The summed E-state index contributed by atoms with van der Waals surface area (Å²) >= 11 is 5.67. The minimum atomic E-state index is 0.128. The van der Waals surface area contributed by atoms with Gasteiger partial charge in [-0.15, -0.1) is 11.6 Å². The Balaban J connectivity index is 2.31. The lowest BCUT2D eigenvalue weighted by Gasteiger charge is -2.37. The van der Waals surface area contributed by atoms with E-state index in [2.05, 4.69) is 0 Å². The number of hydrogen-bond donors (Lipinski definition) is 0. The van der Waals surface area contributed by atoms with E-state index in [4.69, 9.17) is 16.3 Å². The van der Waals surface area contributed by atoms with E-state index in [1.54, 1.807) is 0 Å². The molecule has 1 aliphatic rings. The minimum Gasteiger partial charge on any atom is -0.372 e. The van der Waals surface area contributed by atoms with Crippen LogP contribution in [0.3, 0.4) is 0 Å². The quantitative estimate of drug-likeness (QED) is 0.487. The van der Waals surface area contributed by atoms with Gasteiger partial charge in [-0.2, -0.15) is 0 Å². The molecule has 0 saturated heterocycles. The fourth-order valence-electron chi connectivity index (χ4n) is 1.83. The van der Waals surface area contributed by atoms with Crippen LogP contribution >= 0.6 is 11.6 Å². The van der Waals surface area contributed by atoms with Crippen LogP contribution in [0, 0.1) is 0 Å². The Morgan fingerprint density at radius 2 is 2.25 bits per heavy atom. The third-order valence-corrected chi connectivity index (χ3v) is 3.21. The third-order valence-electron chi connectivity index (χ3n) is 2.94. The van der Waals surface area contributed by atoms with E-state index in [9.17, 15) is 4.79 Å². The molecule has 0 radical (unpaired) electrons. The highest BCUT2D eigenvalue weighted by Crippen LogP contribution is 2.25. The Hall–Kier alpha value is -0.280. The molecule has 0 aromatic heterocycles. The molecule has 0 aliphatic heterocycles. The summed E-state index contributed by atoms with van der Waals surface area (Å²) in [5.74, 6) is 0.745. The van der Waals surface area contributed by atoms with Gasteiger partial charge in [0.15, 0.2) is 0 Å². The summed E-state index contributed by atoms with van der Waals surface area (Å²) in [6, 6.07) is 0.445. The van der Waals surface area contributed by atoms with E-state index >= 15 is 0 Å². The molecular formula is C12H22ClNO2. The molecule has 1 saturated carbocycles. The van der Waals surface area contributed by atoms with E-state index in [0.29, 0.717) is 18.5 Å². The van der Waals surface area contributed by atoms with Crippen LogP contribution in [0.2, 0.25) is 0 Å². The second kappa shape index (κ2) is 7.91. The zero-order valence-corrected chi connectivity index (χ0v) is 10.8. The molecule has 4 heteroatoms. The average molecular weight is 248 g/mol. The first-order chi connectivity index (χ1) is 7.79. The Morgan fingerprint density at radius 1 is 1.50 bits per heavy atom. The summed E-state index contributed by atoms with van der Waals surface area (Å²) in [4.78, 5) is 13.9. The second-order valence-corrected chi connectivity index (χ2v) is 4.64. The molecule has 1 aliphatic carbocycles. The third kappa shape index (κ3) is 4.30. The van der Waals surface area contributed by atoms with Gasteiger partial charge in [0, 0.05) is 25.1 Å². The smallest absolute Gasteiger partial charge is 0.248 e. The summed E-state index contributed by atoms with van der Waals surface area (Å²) in [6.07, 6.45) is 5.35. The van der Waals surface area contributed by atoms with E-state index in [0.717, 1.165) is 32.2 Å². The van der Waals surface area contributed by atoms with Crippen molar-refractivity contribution in [1.82, 2.24) is 4.90 Å². The molecule has 94 valence electrons. The number of amides is 1. The molecule has 0 unspecified atom stereocenters. The van der Waals surface area contributed by atoms with Crippen LogP contribution in [0.5, 0.6) is 0 Å². The van der Waals surface area contributed by atoms with Crippen molar-refractivity contribution in [1.29, 1.82) is 0 Å². The molecular weight excluding hydrogens is 226 g/mol. The van der Waals surface area contributed by atoms with E-state index in [-0.39, 0.29) is 12.5 Å². The van der Waals surface area contributed by atoms with Gasteiger partial charge in [0.05, 0.1) is 0 Å². The van der Waals surface area contributed by atoms with E-state index in [1.807, 2.05) is 11.8 Å². The van der Waals surface area contributed by atoms with Gasteiger partial charge in [-0.3, -0.25) is 4.79 Å². The standard InChI is InChI=1S/C12H22ClNO2/c1-2-9-16-10-12(15)14(8-4-7-13)11-5-3-6-11/h11H,2-10H2,1H3. The first-order valence-corrected chi connectivity index (χ1v) is 6.76. The van der Waals surface area contributed by atoms with E-state index in [1.165, 1.54) is 6.42 Å². The number of nitrogens with zero attached hydrogens (tertiary/aromatic N) is 1. The van der Waals surface area contributed by atoms with Crippen molar-refractivity contribution < 1.29 is 9.53 Å². The summed E-state index contributed by atoms with van der Waals surface area (Å²) in [6.45, 7) is 3.72. The SMILES string of the molecule is CCCOCC(=O)N(CCCCl)C1CCC1. The maximum absolute atomic E-state index is 11.9. The van der Waals surface area contributed by atoms with Gasteiger partial charge < -0.3 is 9.64 Å². The molecule has 1 amide bonds. The van der Waals surface area contributed by atoms with Gasteiger partial charge in [-0.1, -0.05) is 6.92 Å². The maximum Gasteiger partial charge on any atom is 0.248 e. The molecule has 16 heavy (non-hydrogen) atoms. The van der Waals surface area contributed by atoms with Gasteiger partial charge in [0.2, 0.25) is 5.91 Å². The van der Waals surface area contributed by atoms with Crippen molar-refractivity contribution in [2.75, 3.05) is 25.6 Å². The number of hydrogen-bond acceptors (Lipinski definition) is 2. The first-order valence-electron chi connectivity index (χ1n) is 6.22. The molecule has 1 rings (SSSR count). The number of carbonyl (C=O) groups excluding carboxylic acids is 1. The normalized spacial score (nSPS) is 15.9. The molecule has 0 N–H and O–H groups in total. The Labute approximate surface area is 103 Å². The van der Waals surface area contributed by atoms with Gasteiger partial charge in [-0.25, -0.2) is 0 Å². The van der Waals surface area contributed by atoms with Crippen LogP contribution in [0.4, 0.5) is 0 Å². The van der Waals surface area contributed by atoms with Gasteiger partial charge in [0.25, 0.3) is 0 Å². The summed E-state index contributed by atoms with van der Waals surface area (Å²) in [7, 11) is 0. The fourth-order valence-corrected chi connectivity index (χ4v) is 1.95. The lowest BCUT2D eigenvalue weighted by molar-refractivity contribution is -0.140. The van der Waals surface area contributed by atoms with Crippen LogP contribution in [-0.2, 0) is 9.53 Å². The highest BCUT2D eigenvalue weighted by Gasteiger charge is 2.27. The number of ether oxygens (including phenoxy) is 1. The summed E-state index contributed by atoms with van der Waals surface area (Å²) in [5.41, 5.74) is 0. The molecule has 0 aromatic rings. The van der Waals surface area contributed by atoms with Crippen molar-refractivity contribution in [3.63, 3.8) is 0 Å². The van der Waals surface area contributed by atoms with Crippen LogP contribution < -0.4 is 0 Å². The molecule has 1 fully saturated rings. The van der Waals surface area contributed by atoms with Gasteiger partial charge in [-0.05, 0) is 32.1 Å². The minimum absolute atomic E-state index is 0.128. The molecule has 0 heterocycles. The van der Waals surface area contributed by atoms with Gasteiger partial charge in [0.1, 0.15) is 6.61 Å². The van der Waals surface area contributed by atoms with Crippen molar-refractivity contribution in [3.05, 3.63) is 0 Å². The highest BCUT2D eigenvalue weighted by atomic mass is 35.5. The fraction of sp³-hybridized carbons (Fsp3) is 0.917. The van der Waals surface area contributed by atoms with Crippen molar-refractivity contribution in [2.45, 2.75) is 45.1 Å². The van der Waals surface area contributed by atoms with Crippen molar-refractivity contribution >= 4 is 17.5 Å². The van der Waals surface area contributed by atoms with Crippen molar-refractivity contribution in [2.24, 2.45) is 0 Å². The summed E-state index contributed by atoms with van der Waals surface area (Å²) in [5, 5.41) is 0. The zero-order valence-electron chi connectivity index (χ0n) is 10.1. The second-order valence-electron chi connectivity index (χ2n) is 4.27. The lowest BCUT2D eigenvalue weighted by atomic mass is 9.91. The number of carbonyl (C=O) groups is 1. The molecule has 3 nitrogen and oxygen atoms in total. The molecule has 0 atom stereocenters. The van der Waals surface area contributed by atoms with Gasteiger partial charge >= 0.3 is 0 Å². The maximum atomic E-state index is 11.9. The van der Waals surface area contributed by atoms with Crippen molar-refractivity contribution in [3.8, 4) is 0 Å². The first kappa shape index (κ1) is 13.8. The Morgan fingerprint density at radius 3 is 2.75 bits per heavy atom. The number of halogens is 1. The monoisotopic (exact) mass is 247 g/mol. The largest absolute Gasteiger partial charge is 0.372 e. The lowest BCUT2D eigenvalue weighted by Crippen LogP contribution is -2.46. The van der Waals surface area contributed by atoms with E-state index < -0.39 is 0 Å². The molecule has 0 aromatic carbocycles. The average Bonchev–Trinajstić information content (AvgIpc) is 2.21. The number of alkyl halides is 1. The number of rotatable bonds is 8. The summed E-state index contributed by atoms with van der Waals surface area (Å²) < 4.78 is 5.30. The van der Waals surface area contributed by atoms with Crippen LogP contribution in [0.25, 0.3) is 0 Å².